The molecule has 0 aliphatic rings. The number of hydrogen-bond acceptors (Lipinski definition) is 4. The number of rotatable bonds is 7. The number of amides is 1. The first-order valence-corrected chi connectivity index (χ1v) is 11.3. The zero-order valence-electron chi connectivity index (χ0n) is 16.6. The second-order valence-electron chi connectivity index (χ2n) is 8.86. The van der Waals surface area contributed by atoms with Crippen molar-refractivity contribution in [2.24, 2.45) is 5.92 Å². The number of ether oxygens (including phenoxy) is 1. The van der Waals surface area contributed by atoms with Crippen molar-refractivity contribution in [3.05, 3.63) is 0 Å². The SMILES string of the molecule is C[C@H](C[C@@H](CNC(=O)OC(C)(C)C)O[Si](C)(C)C(C)(C)C)C(=O)O. The van der Waals surface area contributed by atoms with Crippen LogP contribution in [0.15, 0.2) is 0 Å². The minimum atomic E-state index is -2.07. The van der Waals surface area contributed by atoms with Gasteiger partial charge in [0.15, 0.2) is 8.32 Å². The Bertz CT molecular complexity index is 437. The number of carboxylic acid groups (broad SMARTS) is 1. The lowest BCUT2D eigenvalue weighted by molar-refractivity contribution is -0.142. The van der Waals surface area contributed by atoms with E-state index in [4.69, 9.17) is 14.3 Å². The predicted octanol–water partition coefficient (Wildman–Crippen LogP) is 4.01. The van der Waals surface area contributed by atoms with Crippen molar-refractivity contribution in [1.29, 1.82) is 0 Å². The molecule has 0 aliphatic carbocycles. The summed E-state index contributed by atoms with van der Waals surface area (Å²) >= 11 is 0. The lowest BCUT2D eigenvalue weighted by Gasteiger charge is -2.39. The van der Waals surface area contributed by atoms with Crippen molar-refractivity contribution >= 4 is 20.4 Å². The van der Waals surface area contributed by atoms with Crippen molar-refractivity contribution in [2.45, 2.75) is 84.7 Å². The van der Waals surface area contributed by atoms with E-state index in [-0.39, 0.29) is 17.7 Å². The smallest absolute Gasteiger partial charge is 0.407 e. The van der Waals surface area contributed by atoms with Crippen LogP contribution in [-0.2, 0) is 14.0 Å². The van der Waals surface area contributed by atoms with Crippen LogP contribution in [-0.4, -0.2) is 43.7 Å². The second-order valence-corrected chi connectivity index (χ2v) is 13.6. The molecule has 0 aromatic rings. The molecule has 0 aromatic carbocycles. The van der Waals surface area contributed by atoms with E-state index in [2.05, 4.69) is 39.2 Å². The molecule has 0 heterocycles. The van der Waals surface area contributed by atoms with Gasteiger partial charge >= 0.3 is 12.1 Å². The van der Waals surface area contributed by atoms with Gasteiger partial charge in [0, 0.05) is 6.54 Å². The summed E-state index contributed by atoms with van der Waals surface area (Å²) in [6.07, 6.45) is -0.531. The van der Waals surface area contributed by atoms with Crippen LogP contribution in [0.3, 0.4) is 0 Å². The molecule has 2 atom stereocenters. The van der Waals surface area contributed by atoms with Crippen LogP contribution in [0.4, 0.5) is 4.79 Å². The summed E-state index contributed by atoms with van der Waals surface area (Å²) in [5.41, 5.74) is -0.575. The highest BCUT2D eigenvalue weighted by molar-refractivity contribution is 6.74. The molecule has 1 amide bonds. The summed E-state index contributed by atoms with van der Waals surface area (Å²) in [4.78, 5) is 23.0. The Hall–Kier alpha value is -1.08. The average molecular weight is 362 g/mol. The highest BCUT2D eigenvalue weighted by Crippen LogP contribution is 2.37. The maximum atomic E-state index is 11.9. The Morgan fingerprint density at radius 3 is 2.00 bits per heavy atom. The Kier molecular flexibility index (Phi) is 7.96. The third-order valence-corrected chi connectivity index (χ3v) is 8.71. The molecule has 0 fully saturated rings. The molecule has 24 heavy (non-hydrogen) atoms. The summed E-state index contributed by atoms with van der Waals surface area (Å²) < 4.78 is 11.5. The molecule has 142 valence electrons. The van der Waals surface area contributed by atoms with Gasteiger partial charge in [-0.15, -0.1) is 0 Å². The van der Waals surface area contributed by atoms with Gasteiger partial charge in [0.05, 0.1) is 12.0 Å². The molecular formula is C17H35NO5Si. The molecule has 0 aliphatic heterocycles. The minimum absolute atomic E-state index is 0.00360. The van der Waals surface area contributed by atoms with Crippen LogP contribution in [0.5, 0.6) is 0 Å². The molecular weight excluding hydrogens is 326 g/mol. The van der Waals surface area contributed by atoms with Gasteiger partial charge in [-0.05, 0) is 45.3 Å². The Labute approximate surface area is 147 Å². The van der Waals surface area contributed by atoms with Crippen molar-refractivity contribution in [2.75, 3.05) is 6.54 Å². The van der Waals surface area contributed by atoms with Crippen LogP contribution in [0.2, 0.25) is 18.1 Å². The molecule has 0 saturated carbocycles. The number of hydrogen-bond donors (Lipinski definition) is 2. The summed E-state index contributed by atoms with van der Waals surface area (Å²) in [5.74, 6) is -1.41. The molecule has 2 N–H and O–H groups in total. The monoisotopic (exact) mass is 361 g/mol. The first-order chi connectivity index (χ1) is 10.5. The number of carboxylic acids is 1. The van der Waals surface area contributed by atoms with E-state index >= 15 is 0 Å². The molecule has 0 unspecified atom stereocenters. The van der Waals surface area contributed by atoms with Crippen molar-refractivity contribution < 1.29 is 23.9 Å². The molecule has 0 aromatic heterocycles. The van der Waals surface area contributed by atoms with Crippen molar-refractivity contribution in [3.8, 4) is 0 Å². The lowest BCUT2D eigenvalue weighted by Crippen LogP contribution is -2.48. The summed E-state index contributed by atoms with van der Waals surface area (Å²) in [5, 5.41) is 11.9. The van der Waals surface area contributed by atoms with E-state index < -0.39 is 31.9 Å². The highest BCUT2D eigenvalue weighted by atomic mass is 28.4. The maximum absolute atomic E-state index is 11.9. The number of carbonyl (C=O) groups excluding carboxylic acids is 1. The third-order valence-electron chi connectivity index (χ3n) is 4.18. The number of aliphatic carboxylic acids is 1. The van der Waals surface area contributed by atoms with Crippen LogP contribution in [0.25, 0.3) is 0 Å². The van der Waals surface area contributed by atoms with E-state index in [9.17, 15) is 9.59 Å². The minimum Gasteiger partial charge on any atom is -0.481 e. The predicted molar refractivity (Wildman–Crippen MR) is 97.7 cm³/mol. The molecule has 0 radical (unpaired) electrons. The van der Waals surface area contributed by atoms with Gasteiger partial charge in [0.25, 0.3) is 0 Å². The first-order valence-electron chi connectivity index (χ1n) is 8.42. The topological polar surface area (TPSA) is 84.9 Å². The van der Waals surface area contributed by atoms with Gasteiger partial charge in [-0.1, -0.05) is 27.7 Å². The van der Waals surface area contributed by atoms with E-state index in [0.717, 1.165) is 0 Å². The summed E-state index contributed by atoms with van der Waals surface area (Å²) in [6, 6.07) is 0. The Morgan fingerprint density at radius 2 is 1.62 bits per heavy atom. The Morgan fingerprint density at radius 1 is 1.12 bits per heavy atom. The summed E-state index contributed by atoms with van der Waals surface area (Å²) in [7, 11) is -2.07. The largest absolute Gasteiger partial charge is 0.481 e. The van der Waals surface area contributed by atoms with Crippen LogP contribution in [0, 0.1) is 5.92 Å². The van der Waals surface area contributed by atoms with Gasteiger partial charge in [-0.3, -0.25) is 4.79 Å². The van der Waals surface area contributed by atoms with E-state index in [1.54, 1.807) is 27.7 Å². The first kappa shape index (κ1) is 22.9. The van der Waals surface area contributed by atoms with E-state index in [0.29, 0.717) is 6.42 Å². The fourth-order valence-electron chi connectivity index (χ4n) is 1.77. The zero-order valence-corrected chi connectivity index (χ0v) is 17.6. The molecule has 7 heteroatoms. The molecule has 0 rings (SSSR count). The molecule has 6 nitrogen and oxygen atoms in total. The van der Waals surface area contributed by atoms with Gasteiger partial charge in [0.1, 0.15) is 5.60 Å². The standard InChI is InChI=1S/C17H35NO5Si/c1-12(14(19)20)10-13(23-24(8,9)17(5,6)7)11-18-15(21)22-16(2,3)4/h12-13H,10-11H2,1-9H3,(H,18,21)(H,19,20)/t12-,13+/m1/s1. The molecule has 0 spiro atoms. The fraction of sp³-hybridized carbons (Fsp3) is 0.882. The van der Waals surface area contributed by atoms with Crippen molar-refractivity contribution in [3.63, 3.8) is 0 Å². The van der Waals surface area contributed by atoms with Gasteiger partial charge in [-0.25, -0.2) is 4.79 Å². The molecule has 0 bridgehead atoms. The van der Waals surface area contributed by atoms with Gasteiger partial charge < -0.3 is 19.6 Å². The van der Waals surface area contributed by atoms with Crippen LogP contribution >= 0.6 is 0 Å². The molecule has 0 saturated heterocycles. The highest BCUT2D eigenvalue weighted by Gasteiger charge is 2.39. The van der Waals surface area contributed by atoms with Gasteiger partial charge in [-0.2, -0.15) is 0 Å². The maximum Gasteiger partial charge on any atom is 0.407 e. The van der Waals surface area contributed by atoms with Crippen LogP contribution in [0.1, 0.15) is 54.9 Å². The summed E-state index contributed by atoms with van der Waals surface area (Å²) in [6.45, 7) is 17.9. The zero-order chi connectivity index (χ0) is 19.3. The lowest BCUT2D eigenvalue weighted by atomic mass is 10.0. The number of alkyl carbamates (subject to hydrolysis) is 1. The fourth-order valence-corrected chi connectivity index (χ4v) is 3.14. The van der Waals surface area contributed by atoms with Crippen LogP contribution < -0.4 is 5.32 Å². The van der Waals surface area contributed by atoms with Crippen molar-refractivity contribution in [1.82, 2.24) is 5.32 Å². The van der Waals surface area contributed by atoms with E-state index in [1.807, 2.05) is 0 Å². The van der Waals surface area contributed by atoms with Gasteiger partial charge in [0.2, 0.25) is 0 Å². The quantitative estimate of drug-likeness (QED) is 0.669. The number of carbonyl (C=O) groups is 2. The van der Waals surface area contributed by atoms with E-state index in [1.165, 1.54) is 0 Å². The third kappa shape index (κ3) is 8.68. The Balaban J connectivity index is 4.95. The second kappa shape index (κ2) is 8.34. The number of nitrogens with one attached hydrogen (secondary N) is 1. The normalized spacial score (nSPS) is 15.5. The average Bonchev–Trinajstić information content (AvgIpc) is 2.31.